The highest BCUT2D eigenvalue weighted by atomic mass is 19.1. The number of piperidine rings is 1. The smallest absolute Gasteiger partial charge is 0.289 e. The van der Waals surface area contributed by atoms with Crippen LogP contribution in [0.4, 0.5) is 4.39 Å². The van der Waals surface area contributed by atoms with Crippen LogP contribution in [0.15, 0.2) is 52.9 Å². The van der Waals surface area contributed by atoms with E-state index in [-0.39, 0.29) is 23.9 Å². The van der Waals surface area contributed by atoms with Crippen LogP contribution in [0.2, 0.25) is 0 Å². The van der Waals surface area contributed by atoms with E-state index < -0.39 is 5.60 Å². The van der Waals surface area contributed by atoms with Gasteiger partial charge in [0, 0.05) is 38.1 Å². The Morgan fingerprint density at radius 1 is 1.06 bits per heavy atom. The van der Waals surface area contributed by atoms with Gasteiger partial charge in [0.1, 0.15) is 11.4 Å². The fraction of sp³-hybridized carbons (Fsp3) is 0.444. The Balaban J connectivity index is 1.28. The van der Waals surface area contributed by atoms with Crippen molar-refractivity contribution < 1.29 is 23.4 Å². The van der Waals surface area contributed by atoms with Crippen molar-refractivity contribution in [1.82, 2.24) is 9.80 Å². The molecular weight excluding hydrogens is 435 g/mol. The number of hydrogen-bond acceptors (Lipinski definition) is 5. The molecule has 0 radical (unpaired) electrons. The molecule has 2 saturated heterocycles. The van der Waals surface area contributed by atoms with Gasteiger partial charge in [-0.25, -0.2) is 4.39 Å². The molecule has 0 spiro atoms. The van der Waals surface area contributed by atoms with Crippen LogP contribution in [-0.4, -0.2) is 59.2 Å². The summed E-state index contributed by atoms with van der Waals surface area (Å²) in [6, 6.07) is 14.0. The van der Waals surface area contributed by atoms with Gasteiger partial charge < -0.3 is 19.2 Å². The average molecular weight is 467 g/mol. The molecule has 5 rings (SSSR count). The van der Waals surface area contributed by atoms with Crippen molar-refractivity contribution >= 4 is 16.9 Å². The van der Waals surface area contributed by atoms with Crippen LogP contribution in [0.5, 0.6) is 0 Å². The van der Waals surface area contributed by atoms with E-state index in [9.17, 15) is 14.3 Å². The number of benzene rings is 2. The number of furan rings is 1. The highest BCUT2D eigenvalue weighted by Gasteiger charge is 2.34. The third kappa shape index (κ3) is 4.73. The summed E-state index contributed by atoms with van der Waals surface area (Å²) in [7, 11) is 0. The van der Waals surface area contributed by atoms with E-state index in [1.165, 1.54) is 12.1 Å². The Kier molecular flexibility index (Phi) is 6.18. The summed E-state index contributed by atoms with van der Waals surface area (Å²) in [6.45, 7) is 7.24. The molecule has 2 aliphatic rings. The molecule has 3 aromatic rings. The number of morpholine rings is 1. The van der Waals surface area contributed by atoms with E-state index in [0.29, 0.717) is 37.3 Å². The summed E-state index contributed by atoms with van der Waals surface area (Å²) in [5.74, 6) is -0.0487. The standard InChI is InChI=1S/C27H31FN2O4/c1-18-15-30(16-19(2)33-18)26(31)25-14-21-13-22(5-8-24(21)34-25)27(32)9-11-29(12-10-27)17-20-3-6-23(28)7-4-20/h3-8,13-14,18-19,32H,9-12,15-17H2,1-2H3/t18-,19+. The highest BCUT2D eigenvalue weighted by Crippen LogP contribution is 2.35. The number of rotatable bonds is 4. The van der Waals surface area contributed by atoms with Gasteiger partial charge in [-0.3, -0.25) is 9.69 Å². The lowest BCUT2D eigenvalue weighted by atomic mass is 9.84. The van der Waals surface area contributed by atoms with Gasteiger partial charge >= 0.3 is 0 Å². The largest absolute Gasteiger partial charge is 0.451 e. The van der Waals surface area contributed by atoms with Gasteiger partial charge in [0.05, 0.1) is 17.8 Å². The fourth-order valence-electron chi connectivity index (χ4n) is 5.16. The number of likely N-dealkylation sites (tertiary alicyclic amines) is 1. The number of hydrogen-bond donors (Lipinski definition) is 1. The van der Waals surface area contributed by atoms with Crippen LogP contribution < -0.4 is 0 Å². The van der Waals surface area contributed by atoms with E-state index in [2.05, 4.69) is 4.90 Å². The minimum absolute atomic E-state index is 0.00754. The maximum Gasteiger partial charge on any atom is 0.289 e. The average Bonchev–Trinajstić information content (AvgIpc) is 3.24. The van der Waals surface area contributed by atoms with Crippen molar-refractivity contribution in [2.45, 2.75) is 51.0 Å². The predicted molar refractivity (Wildman–Crippen MR) is 127 cm³/mol. The minimum Gasteiger partial charge on any atom is -0.451 e. The number of aliphatic hydroxyl groups is 1. The number of amides is 1. The molecule has 2 aliphatic heterocycles. The zero-order chi connectivity index (χ0) is 23.9. The number of carbonyl (C=O) groups excluding carboxylic acids is 1. The molecule has 0 unspecified atom stereocenters. The van der Waals surface area contributed by atoms with E-state index in [0.717, 1.165) is 36.1 Å². The number of carbonyl (C=O) groups is 1. The van der Waals surface area contributed by atoms with Crippen LogP contribution in [0.1, 0.15) is 48.4 Å². The molecule has 34 heavy (non-hydrogen) atoms. The lowest BCUT2D eigenvalue weighted by molar-refractivity contribution is -0.0591. The summed E-state index contributed by atoms with van der Waals surface area (Å²) in [5, 5.41) is 12.2. The summed E-state index contributed by atoms with van der Waals surface area (Å²) < 4.78 is 24.8. The van der Waals surface area contributed by atoms with Crippen molar-refractivity contribution in [3.8, 4) is 0 Å². The van der Waals surface area contributed by atoms with Crippen LogP contribution >= 0.6 is 0 Å². The number of halogens is 1. The van der Waals surface area contributed by atoms with Gasteiger partial charge in [0.15, 0.2) is 5.76 Å². The molecule has 2 atom stereocenters. The SMILES string of the molecule is C[C@@H]1CN(C(=O)c2cc3cc(C4(O)CCN(Cc5ccc(F)cc5)CC4)ccc3o2)C[C@H](C)O1. The highest BCUT2D eigenvalue weighted by molar-refractivity contribution is 5.96. The molecule has 6 nitrogen and oxygen atoms in total. The molecule has 7 heteroatoms. The van der Waals surface area contributed by atoms with Gasteiger partial charge in [0.2, 0.25) is 0 Å². The first-order valence-corrected chi connectivity index (χ1v) is 12.0. The summed E-state index contributed by atoms with van der Waals surface area (Å²) in [6.07, 6.45) is 1.19. The first-order valence-electron chi connectivity index (χ1n) is 12.0. The number of nitrogens with zero attached hydrogens (tertiary/aromatic N) is 2. The molecule has 0 bridgehead atoms. The van der Waals surface area contributed by atoms with Gasteiger partial charge in [-0.05, 0) is 68.1 Å². The van der Waals surface area contributed by atoms with Gasteiger partial charge in [-0.1, -0.05) is 18.2 Å². The van der Waals surface area contributed by atoms with Gasteiger partial charge in [-0.2, -0.15) is 0 Å². The minimum atomic E-state index is -0.927. The van der Waals surface area contributed by atoms with E-state index in [4.69, 9.17) is 9.15 Å². The topological polar surface area (TPSA) is 66.2 Å². The van der Waals surface area contributed by atoms with Crippen molar-refractivity contribution in [2.24, 2.45) is 0 Å². The maximum atomic E-state index is 13.2. The van der Waals surface area contributed by atoms with Crippen molar-refractivity contribution in [3.63, 3.8) is 0 Å². The van der Waals surface area contributed by atoms with Crippen LogP contribution in [0.25, 0.3) is 11.0 Å². The van der Waals surface area contributed by atoms with Crippen LogP contribution in [-0.2, 0) is 16.9 Å². The molecule has 2 fully saturated rings. The second-order valence-electron chi connectivity index (χ2n) is 9.76. The molecule has 1 N–H and O–H groups in total. The Labute approximate surface area is 198 Å². The lowest BCUT2D eigenvalue weighted by Crippen LogP contribution is -2.48. The Bertz CT molecular complexity index is 1160. The van der Waals surface area contributed by atoms with Gasteiger partial charge in [-0.15, -0.1) is 0 Å². The van der Waals surface area contributed by atoms with Gasteiger partial charge in [0.25, 0.3) is 5.91 Å². The molecule has 180 valence electrons. The molecule has 0 saturated carbocycles. The van der Waals surface area contributed by atoms with E-state index >= 15 is 0 Å². The van der Waals surface area contributed by atoms with Crippen LogP contribution in [0, 0.1) is 5.82 Å². The molecular formula is C27H31FN2O4. The maximum absolute atomic E-state index is 13.2. The second kappa shape index (κ2) is 9.13. The van der Waals surface area contributed by atoms with Crippen molar-refractivity contribution in [2.75, 3.05) is 26.2 Å². The third-order valence-electron chi connectivity index (χ3n) is 6.97. The second-order valence-corrected chi connectivity index (χ2v) is 9.76. The number of fused-ring (bicyclic) bond motifs is 1. The monoisotopic (exact) mass is 466 g/mol. The van der Waals surface area contributed by atoms with Crippen molar-refractivity contribution in [3.05, 3.63) is 71.2 Å². The quantitative estimate of drug-likeness (QED) is 0.621. The predicted octanol–water partition coefficient (Wildman–Crippen LogP) is 4.30. The summed E-state index contributed by atoms with van der Waals surface area (Å²) in [4.78, 5) is 17.1. The van der Waals surface area contributed by atoms with E-state index in [1.807, 2.05) is 32.0 Å². The normalized spacial score (nSPS) is 23.4. The zero-order valence-electron chi connectivity index (χ0n) is 19.7. The summed E-state index contributed by atoms with van der Waals surface area (Å²) in [5.41, 5.74) is 1.62. The van der Waals surface area contributed by atoms with Crippen LogP contribution in [0.3, 0.4) is 0 Å². The first-order chi connectivity index (χ1) is 16.3. The first kappa shape index (κ1) is 23.0. The van der Waals surface area contributed by atoms with Crippen molar-refractivity contribution in [1.29, 1.82) is 0 Å². The molecule has 2 aromatic carbocycles. The summed E-state index contributed by atoms with van der Waals surface area (Å²) >= 11 is 0. The zero-order valence-corrected chi connectivity index (χ0v) is 19.7. The molecule has 1 amide bonds. The molecule has 1 aromatic heterocycles. The number of ether oxygens (including phenoxy) is 1. The Morgan fingerprint density at radius 3 is 2.41 bits per heavy atom. The fourth-order valence-corrected chi connectivity index (χ4v) is 5.16. The molecule has 0 aliphatic carbocycles. The Hall–Kier alpha value is -2.74. The lowest BCUT2D eigenvalue weighted by Gasteiger charge is -2.38. The molecule has 3 heterocycles. The third-order valence-corrected chi connectivity index (χ3v) is 6.97. The Morgan fingerprint density at radius 2 is 1.74 bits per heavy atom. The van der Waals surface area contributed by atoms with E-state index in [1.54, 1.807) is 23.1 Å².